The second-order valence-electron chi connectivity index (χ2n) is 11.2. The molecule has 0 unspecified atom stereocenters. The molecule has 0 saturated heterocycles. The Labute approximate surface area is 223 Å². The molecule has 0 bridgehead atoms. The highest BCUT2D eigenvalue weighted by molar-refractivity contribution is 5.28. The summed E-state index contributed by atoms with van der Waals surface area (Å²) in [6.45, 7) is 5.91. The smallest absolute Gasteiger partial charge is 0.316 e. The molecular formula is C34H44F2O. The van der Waals surface area contributed by atoms with Crippen LogP contribution in [0, 0.1) is 11.8 Å². The van der Waals surface area contributed by atoms with E-state index in [2.05, 4.69) is 49.9 Å². The first-order valence-electron chi connectivity index (χ1n) is 14.4. The molecule has 0 N–H and O–H groups in total. The fourth-order valence-corrected chi connectivity index (χ4v) is 6.34. The third kappa shape index (κ3) is 7.87. The summed E-state index contributed by atoms with van der Waals surface area (Å²) >= 11 is 0. The molecule has 2 aromatic rings. The molecule has 2 aliphatic rings. The molecule has 0 aliphatic heterocycles. The standard InChI is InChI=1S/C34H44F2O/c1-3-5-7-27-10-16-29(17-11-27)30-18-12-28(13-19-30)24-25-37-34(35,36)33-22-20-32(21-23-33)31-14-8-26(6-4-2)9-15-31/h3-4,6,12-13,18-23,26-27,29,31H,1,5,7-11,14-17,24-25H2,2H3. The van der Waals surface area contributed by atoms with E-state index in [1.807, 2.05) is 18.2 Å². The molecule has 3 heteroatoms. The number of allylic oxidation sites excluding steroid dienone is 3. The summed E-state index contributed by atoms with van der Waals surface area (Å²) in [6.07, 6.45) is 15.7. The fraction of sp³-hybridized carbons (Fsp3) is 0.529. The van der Waals surface area contributed by atoms with E-state index < -0.39 is 6.11 Å². The predicted molar refractivity (Wildman–Crippen MR) is 150 cm³/mol. The van der Waals surface area contributed by atoms with Crippen molar-refractivity contribution in [3.8, 4) is 0 Å². The molecule has 0 aromatic heterocycles. The van der Waals surface area contributed by atoms with Crippen molar-refractivity contribution in [2.24, 2.45) is 11.8 Å². The summed E-state index contributed by atoms with van der Waals surface area (Å²) < 4.78 is 34.6. The zero-order chi connectivity index (χ0) is 26.1. The van der Waals surface area contributed by atoms with Gasteiger partial charge < -0.3 is 4.74 Å². The Kier molecular flexibility index (Phi) is 10.1. The Bertz CT molecular complexity index is 975. The maximum absolute atomic E-state index is 14.7. The van der Waals surface area contributed by atoms with E-state index in [0.717, 1.165) is 30.7 Å². The summed E-state index contributed by atoms with van der Waals surface area (Å²) in [4.78, 5) is 0. The Morgan fingerprint density at radius 1 is 0.838 bits per heavy atom. The monoisotopic (exact) mass is 506 g/mol. The maximum Gasteiger partial charge on any atom is 0.383 e. The Hall–Kier alpha value is -2.26. The number of ether oxygens (including phenoxy) is 1. The maximum atomic E-state index is 14.7. The van der Waals surface area contributed by atoms with Crippen molar-refractivity contribution in [1.29, 1.82) is 0 Å². The van der Waals surface area contributed by atoms with Crippen LogP contribution in [-0.2, 0) is 17.3 Å². The molecule has 1 nitrogen and oxygen atoms in total. The SMILES string of the molecule is C=CCCC1CCC(c2ccc(CCOC(F)(F)c3ccc(C4CCC(C=CC)CC4)cc3)cc2)CC1. The Balaban J connectivity index is 1.22. The second-order valence-corrected chi connectivity index (χ2v) is 11.2. The van der Waals surface area contributed by atoms with E-state index in [-0.39, 0.29) is 12.2 Å². The number of rotatable bonds is 11. The average Bonchev–Trinajstić information content (AvgIpc) is 2.93. The molecule has 0 radical (unpaired) electrons. The average molecular weight is 507 g/mol. The van der Waals surface area contributed by atoms with Crippen molar-refractivity contribution in [3.05, 3.63) is 95.6 Å². The zero-order valence-corrected chi connectivity index (χ0v) is 22.5. The minimum Gasteiger partial charge on any atom is -0.316 e. The van der Waals surface area contributed by atoms with Gasteiger partial charge in [0.15, 0.2) is 0 Å². The van der Waals surface area contributed by atoms with Gasteiger partial charge in [0, 0.05) is 0 Å². The van der Waals surface area contributed by atoms with E-state index in [0.29, 0.717) is 24.2 Å². The number of benzene rings is 2. The van der Waals surface area contributed by atoms with E-state index >= 15 is 0 Å². The van der Waals surface area contributed by atoms with Gasteiger partial charge in [0.2, 0.25) is 0 Å². The zero-order valence-electron chi connectivity index (χ0n) is 22.5. The van der Waals surface area contributed by atoms with Gasteiger partial charge in [-0.05, 0) is 118 Å². The topological polar surface area (TPSA) is 9.23 Å². The van der Waals surface area contributed by atoms with Gasteiger partial charge in [-0.2, -0.15) is 8.78 Å². The van der Waals surface area contributed by atoms with Gasteiger partial charge in [-0.3, -0.25) is 0 Å². The highest BCUT2D eigenvalue weighted by Gasteiger charge is 2.33. The van der Waals surface area contributed by atoms with Crippen molar-refractivity contribution in [1.82, 2.24) is 0 Å². The molecule has 4 rings (SSSR count). The van der Waals surface area contributed by atoms with Gasteiger partial charge in [-0.1, -0.05) is 66.8 Å². The fourth-order valence-electron chi connectivity index (χ4n) is 6.34. The molecule has 200 valence electrons. The van der Waals surface area contributed by atoms with Crippen LogP contribution in [0.25, 0.3) is 0 Å². The first kappa shape index (κ1) is 27.8. The van der Waals surface area contributed by atoms with Crippen LogP contribution in [0.5, 0.6) is 0 Å². The van der Waals surface area contributed by atoms with Crippen LogP contribution in [-0.4, -0.2) is 6.61 Å². The minimum absolute atomic E-state index is 0.00251. The summed E-state index contributed by atoms with van der Waals surface area (Å²) in [5.41, 5.74) is 3.54. The summed E-state index contributed by atoms with van der Waals surface area (Å²) in [6, 6.07) is 15.4. The summed E-state index contributed by atoms with van der Waals surface area (Å²) in [5.74, 6) is 2.61. The predicted octanol–water partition coefficient (Wildman–Crippen LogP) is 10.1. The molecule has 2 aliphatic carbocycles. The molecular weight excluding hydrogens is 462 g/mol. The van der Waals surface area contributed by atoms with Crippen LogP contribution in [0.4, 0.5) is 8.78 Å². The highest BCUT2D eigenvalue weighted by atomic mass is 19.3. The molecule has 2 fully saturated rings. The molecule has 0 spiro atoms. The van der Waals surface area contributed by atoms with Crippen molar-refractivity contribution in [2.45, 2.75) is 95.5 Å². The van der Waals surface area contributed by atoms with E-state index in [4.69, 9.17) is 4.74 Å². The van der Waals surface area contributed by atoms with Crippen LogP contribution in [0.2, 0.25) is 0 Å². The minimum atomic E-state index is -3.27. The number of alkyl halides is 2. The number of hydrogen-bond donors (Lipinski definition) is 0. The van der Waals surface area contributed by atoms with E-state index in [1.54, 1.807) is 12.1 Å². The lowest BCUT2D eigenvalue weighted by atomic mass is 9.77. The molecule has 0 atom stereocenters. The van der Waals surface area contributed by atoms with Crippen LogP contribution in [0.3, 0.4) is 0 Å². The van der Waals surface area contributed by atoms with Crippen LogP contribution in [0.15, 0.2) is 73.3 Å². The first-order chi connectivity index (χ1) is 18.0. The Morgan fingerprint density at radius 3 is 1.97 bits per heavy atom. The molecule has 37 heavy (non-hydrogen) atoms. The molecule has 2 aromatic carbocycles. The van der Waals surface area contributed by atoms with Crippen molar-refractivity contribution in [3.63, 3.8) is 0 Å². The number of hydrogen-bond acceptors (Lipinski definition) is 1. The lowest BCUT2D eigenvalue weighted by Gasteiger charge is -2.28. The third-order valence-electron chi connectivity index (χ3n) is 8.71. The van der Waals surface area contributed by atoms with Crippen LogP contribution < -0.4 is 0 Å². The van der Waals surface area contributed by atoms with Crippen LogP contribution in [0.1, 0.15) is 105 Å². The molecule has 0 heterocycles. The quantitative estimate of drug-likeness (QED) is 0.275. The van der Waals surface area contributed by atoms with Crippen LogP contribution >= 0.6 is 0 Å². The number of halogens is 2. The molecule has 2 saturated carbocycles. The highest BCUT2D eigenvalue weighted by Crippen LogP contribution is 2.39. The van der Waals surface area contributed by atoms with Gasteiger partial charge in [-0.25, -0.2) is 0 Å². The molecule has 0 amide bonds. The summed E-state index contributed by atoms with van der Waals surface area (Å²) in [7, 11) is 0. The van der Waals surface area contributed by atoms with Gasteiger partial charge in [0.05, 0.1) is 12.2 Å². The largest absolute Gasteiger partial charge is 0.383 e. The van der Waals surface area contributed by atoms with Gasteiger partial charge in [0.25, 0.3) is 0 Å². The van der Waals surface area contributed by atoms with Gasteiger partial charge >= 0.3 is 6.11 Å². The first-order valence-corrected chi connectivity index (χ1v) is 14.4. The second kappa shape index (κ2) is 13.5. The van der Waals surface area contributed by atoms with E-state index in [1.165, 1.54) is 56.1 Å². The summed E-state index contributed by atoms with van der Waals surface area (Å²) in [5, 5.41) is 0. The van der Waals surface area contributed by atoms with Gasteiger partial charge in [0.1, 0.15) is 0 Å². The van der Waals surface area contributed by atoms with Crippen molar-refractivity contribution < 1.29 is 13.5 Å². The van der Waals surface area contributed by atoms with E-state index in [9.17, 15) is 8.78 Å². The normalized spacial score (nSPS) is 24.8. The lowest BCUT2D eigenvalue weighted by molar-refractivity contribution is -0.248. The van der Waals surface area contributed by atoms with Crippen molar-refractivity contribution in [2.75, 3.05) is 6.61 Å². The van der Waals surface area contributed by atoms with Gasteiger partial charge in [-0.15, -0.1) is 6.58 Å². The van der Waals surface area contributed by atoms with Crippen molar-refractivity contribution >= 4 is 0 Å². The lowest BCUT2D eigenvalue weighted by Crippen LogP contribution is -2.20. The Morgan fingerprint density at radius 2 is 1.41 bits per heavy atom. The third-order valence-corrected chi connectivity index (χ3v) is 8.71.